The number of carbonyl (C=O) groups excluding carboxylic acids is 2. The van der Waals surface area contributed by atoms with Gasteiger partial charge in [-0.3, -0.25) is 9.59 Å². The second-order valence-electron chi connectivity index (χ2n) is 6.32. The van der Waals surface area contributed by atoms with Crippen molar-refractivity contribution in [3.8, 4) is 0 Å². The van der Waals surface area contributed by atoms with E-state index in [-0.39, 0.29) is 23.3 Å². The number of hydrogen-bond donors (Lipinski definition) is 2. The number of nitrogens with zero attached hydrogens (tertiary/aromatic N) is 1. The van der Waals surface area contributed by atoms with Gasteiger partial charge in [0, 0.05) is 12.6 Å². The van der Waals surface area contributed by atoms with Crippen molar-refractivity contribution in [3.63, 3.8) is 0 Å². The molecule has 5 nitrogen and oxygen atoms in total. The molecule has 1 unspecified atom stereocenters. The van der Waals surface area contributed by atoms with Gasteiger partial charge in [0.2, 0.25) is 11.8 Å². The molecule has 1 rings (SSSR count). The SMILES string of the molecule is CC(C)N1CCC(NC(=O)[C@@H](N)C(C)(C)C)C1=O. The van der Waals surface area contributed by atoms with Crippen molar-refractivity contribution >= 4 is 11.8 Å². The van der Waals surface area contributed by atoms with Crippen molar-refractivity contribution < 1.29 is 9.59 Å². The molecule has 1 fully saturated rings. The van der Waals surface area contributed by atoms with Crippen molar-refractivity contribution in [1.82, 2.24) is 10.2 Å². The fraction of sp³-hybridized carbons (Fsp3) is 0.846. The zero-order valence-corrected chi connectivity index (χ0v) is 12.0. The van der Waals surface area contributed by atoms with Gasteiger partial charge in [0.15, 0.2) is 0 Å². The lowest BCUT2D eigenvalue weighted by Crippen LogP contribution is -2.53. The molecule has 104 valence electrons. The van der Waals surface area contributed by atoms with Gasteiger partial charge in [0.05, 0.1) is 6.04 Å². The summed E-state index contributed by atoms with van der Waals surface area (Å²) < 4.78 is 0. The minimum absolute atomic E-state index is 0.000501. The Hall–Kier alpha value is -1.10. The highest BCUT2D eigenvalue weighted by Crippen LogP contribution is 2.19. The molecule has 2 amide bonds. The lowest BCUT2D eigenvalue weighted by molar-refractivity contribution is -0.134. The predicted octanol–water partition coefficient (Wildman–Crippen LogP) is 0.485. The van der Waals surface area contributed by atoms with Gasteiger partial charge in [0.1, 0.15) is 6.04 Å². The number of nitrogens with one attached hydrogen (secondary N) is 1. The largest absolute Gasteiger partial charge is 0.343 e. The number of rotatable bonds is 3. The quantitative estimate of drug-likeness (QED) is 0.770. The van der Waals surface area contributed by atoms with E-state index in [0.29, 0.717) is 13.0 Å². The van der Waals surface area contributed by atoms with E-state index in [1.165, 1.54) is 0 Å². The molecule has 0 aliphatic carbocycles. The van der Waals surface area contributed by atoms with E-state index in [2.05, 4.69) is 5.32 Å². The highest BCUT2D eigenvalue weighted by molar-refractivity contribution is 5.91. The molecule has 0 radical (unpaired) electrons. The Kier molecular flexibility index (Phi) is 4.37. The molecule has 5 heteroatoms. The topological polar surface area (TPSA) is 75.4 Å². The highest BCUT2D eigenvalue weighted by Gasteiger charge is 2.36. The van der Waals surface area contributed by atoms with Crippen molar-refractivity contribution in [2.45, 2.75) is 59.2 Å². The third-order valence-corrected chi connectivity index (χ3v) is 3.40. The fourth-order valence-electron chi connectivity index (χ4n) is 2.00. The van der Waals surface area contributed by atoms with E-state index in [0.717, 1.165) is 0 Å². The van der Waals surface area contributed by atoms with Crippen LogP contribution in [0.4, 0.5) is 0 Å². The van der Waals surface area contributed by atoms with Gasteiger partial charge in [-0.15, -0.1) is 0 Å². The van der Waals surface area contributed by atoms with Crippen LogP contribution in [0.25, 0.3) is 0 Å². The molecule has 1 heterocycles. The molecule has 1 saturated heterocycles. The van der Waals surface area contributed by atoms with E-state index in [4.69, 9.17) is 5.73 Å². The van der Waals surface area contributed by atoms with Crippen LogP contribution in [0.5, 0.6) is 0 Å². The van der Waals surface area contributed by atoms with Crippen LogP contribution in [0.2, 0.25) is 0 Å². The Labute approximate surface area is 109 Å². The summed E-state index contributed by atoms with van der Waals surface area (Å²) in [6.45, 7) is 10.4. The summed E-state index contributed by atoms with van der Waals surface area (Å²) >= 11 is 0. The second-order valence-corrected chi connectivity index (χ2v) is 6.32. The maximum Gasteiger partial charge on any atom is 0.245 e. The Balaban J connectivity index is 2.60. The highest BCUT2D eigenvalue weighted by atomic mass is 16.2. The molecule has 0 aromatic heterocycles. The van der Waals surface area contributed by atoms with Crippen LogP contribution in [-0.4, -0.2) is 41.4 Å². The predicted molar refractivity (Wildman–Crippen MR) is 70.8 cm³/mol. The summed E-state index contributed by atoms with van der Waals surface area (Å²) in [6, 6.07) is -0.831. The van der Waals surface area contributed by atoms with E-state index >= 15 is 0 Å². The van der Waals surface area contributed by atoms with Crippen molar-refractivity contribution in [2.75, 3.05) is 6.54 Å². The average Bonchev–Trinajstić information content (AvgIpc) is 2.58. The Morgan fingerprint density at radius 3 is 2.39 bits per heavy atom. The normalized spacial score (nSPS) is 22.5. The summed E-state index contributed by atoms with van der Waals surface area (Å²) in [6.07, 6.45) is 0.666. The third-order valence-electron chi connectivity index (χ3n) is 3.40. The lowest BCUT2D eigenvalue weighted by atomic mass is 9.87. The first-order chi connectivity index (χ1) is 8.14. The van der Waals surface area contributed by atoms with E-state index in [1.807, 2.05) is 34.6 Å². The molecule has 0 bridgehead atoms. The number of nitrogens with two attached hydrogens (primary N) is 1. The zero-order valence-electron chi connectivity index (χ0n) is 12.0. The van der Waals surface area contributed by atoms with Crippen LogP contribution in [0.3, 0.4) is 0 Å². The fourth-order valence-corrected chi connectivity index (χ4v) is 2.00. The zero-order chi connectivity index (χ0) is 14.1. The molecular weight excluding hydrogens is 230 g/mol. The summed E-state index contributed by atoms with van der Waals surface area (Å²) in [5, 5.41) is 2.76. The summed E-state index contributed by atoms with van der Waals surface area (Å²) in [5.74, 6) is -0.245. The van der Waals surface area contributed by atoms with Crippen molar-refractivity contribution in [2.24, 2.45) is 11.1 Å². The molecule has 0 aromatic rings. The Morgan fingerprint density at radius 2 is 2.00 bits per heavy atom. The van der Waals surface area contributed by atoms with E-state index in [1.54, 1.807) is 4.90 Å². The average molecular weight is 255 g/mol. The van der Waals surface area contributed by atoms with Gasteiger partial charge in [-0.2, -0.15) is 0 Å². The number of likely N-dealkylation sites (tertiary alicyclic amines) is 1. The minimum atomic E-state index is -0.599. The number of hydrogen-bond acceptors (Lipinski definition) is 3. The van der Waals surface area contributed by atoms with Crippen LogP contribution in [0.1, 0.15) is 41.0 Å². The monoisotopic (exact) mass is 255 g/mol. The minimum Gasteiger partial charge on any atom is -0.343 e. The first kappa shape index (κ1) is 15.0. The third kappa shape index (κ3) is 3.22. The van der Waals surface area contributed by atoms with Gasteiger partial charge in [-0.05, 0) is 25.7 Å². The van der Waals surface area contributed by atoms with E-state index < -0.39 is 12.1 Å². The molecule has 0 spiro atoms. The van der Waals surface area contributed by atoms with Crippen LogP contribution >= 0.6 is 0 Å². The van der Waals surface area contributed by atoms with Gasteiger partial charge in [0.25, 0.3) is 0 Å². The molecule has 1 aliphatic heterocycles. The van der Waals surface area contributed by atoms with Crippen LogP contribution < -0.4 is 11.1 Å². The molecule has 0 aromatic carbocycles. The smallest absolute Gasteiger partial charge is 0.245 e. The second kappa shape index (κ2) is 5.26. The van der Waals surface area contributed by atoms with E-state index in [9.17, 15) is 9.59 Å². The van der Waals surface area contributed by atoms with Crippen LogP contribution in [-0.2, 0) is 9.59 Å². The van der Waals surface area contributed by atoms with Gasteiger partial charge < -0.3 is 16.0 Å². The molecule has 2 atom stereocenters. The maximum absolute atomic E-state index is 12.0. The first-order valence-corrected chi connectivity index (χ1v) is 6.51. The molecule has 1 aliphatic rings. The lowest BCUT2D eigenvalue weighted by Gasteiger charge is -2.27. The van der Waals surface area contributed by atoms with Gasteiger partial charge in [-0.25, -0.2) is 0 Å². The molecule has 0 saturated carbocycles. The summed E-state index contributed by atoms with van der Waals surface area (Å²) in [4.78, 5) is 25.8. The van der Waals surface area contributed by atoms with Gasteiger partial charge in [-0.1, -0.05) is 20.8 Å². The van der Waals surface area contributed by atoms with Crippen LogP contribution in [0, 0.1) is 5.41 Å². The van der Waals surface area contributed by atoms with Crippen molar-refractivity contribution in [3.05, 3.63) is 0 Å². The Morgan fingerprint density at radius 1 is 1.44 bits per heavy atom. The summed E-state index contributed by atoms with van der Waals surface area (Å²) in [5.41, 5.74) is 5.57. The van der Waals surface area contributed by atoms with Crippen LogP contribution in [0.15, 0.2) is 0 Å². The molecular formula is C13H25N3O2. The molecule has 3 N–H and O–H groups in total. The van der Waals surface area contributed by atoms with Gasteiger partial charge >= 0.3 is 0 Å². The Bertz CT molecular complexity index is 334. The standard InChI is InChI=1S/C13H25N3O2/c1-8(2)16-7-6-9(12(16)18)15-11(17)10(14)13(3,4)5/h8-10H,6-7,14H2,1-5H3,(H,15,17)/t9?,10-/m1/s1. The first-order valence-electron chi connectivity index (χ1n) is 6.51. The number of carbonyl (C=O) groups is 2. The molecule has 18 heavy (non-hydrogen) atoms. The maximum atomic E-state index is 12.0. The number of amides is 2. The van der Waals surface area contributed by atoms with Crippen molar-refractivity contribution in [1.29, 1.82) is 0 Å². The summed E-state index contributed by atoms with van der Waals surface area (Å²) in [7, 11) is 0.